The number of aliphatic hydroxyl groups excluding tert-OH is 1. The number of amides is 1. The van der Waals surface area contributed by atoms with Gasteiger partial charge in [0, 0.05) is 6.42 Å². The molecule has 0 rings (SSSR count). The number of likely N-dealkylation sites (N-methyl/N-ethyl adjacent to an activating group) is 1. The molecule has 81 heavy (non-hydrogen) atoms. The maximum atomic E-state index is 13.0. The molecule has 3 unspecified atom stereocenters. The Balaban J connectivity index is 4.14. The first kappa shape index (κ1) is 78.4. The molecule has 9 heteroatoms. The largest absolute Gasteiger partial charge is 0.756 e. The second kappa shape index (κ2) is 62.0. The first-order valence-corrected chi connectivity index (χ1v) is 35.5. The quantitative estimate of drug-likeness (QED) is 0.0272. The lowest BCUT2D eigenvalue weighted by Crippen LogP contribution is -2.46. The highest BCUT2D eigenvalue weighted by molar-refractivity contribution is 7.45. The van der Waals surface area contributed by atoms with E-state index in [-0.39, 0.29) is 19.1 Å². The van der Waals surface area contributed by atoms with Crippen LogP contribution in [0.15, 0.2) is 97.2 Å². The Morgan fingerprint density at radius 2 is 0.753 bits per heavy atom. The molecular weight excluding hydrogens is 1020 g/mol. The monoisotopic (exact) mass is 1150 g/mol. The topological polar surface area (TPSA) is 108 Å². The van der Waals surface area contributed by atoms with Crippen molar-refractivity contribution >= 4 is 13.7 Å². The maximum Gasteiger partial charge on any atom is 0.268 e. The van der Waals surface area contributed by atoms with Crippen LogP contribution in [-0.4, -0.2) is 68.5 Å². The van der Waals surface area contributed by atoms with Gasteiger partial charge in [0.15, 0.2) is 0 Å². The summed E-state index contributed by atoms with van der Waals surface area (Å²) in [5.41, 5.74) is 0. The van der Waals surface area contributed by atoms with Crippen molar-refractivity contribution in [2.24, 2.45) is 0 Å². The molecule has 0 fully saturated rings. The molecule has 1 amide bonds. The lowest BCUT2D eigenvalue weighted by molar-refractivity contribution is -0.870. The number of phosphoric ester groups is 1. The Hall–Kier alpha value is -2.58. The van der Waals surface area contributed by atoms with Gasteiger partial charge in [-0.3, -0.25) is 9.36 Å². The molecule has 0 aromatic rings. The van der Waals surface area contributed by atoms with Crippen molar-refractivity contribution in [1.82, 2.24) is 5.32 Å². The van der Waals surface area contributed by atoms with Gasteiger partial charge in [-0.05, 0) is 77.0 Å². The fourth-order valence-corrected chi connectivity index (χ4v) is 10.5. The Morgan fingerprint density at radius 3 is 1.07 bits per heavy atom. The minimum absolute atomic E-state index is 0.00137. The minimum atomic E-state index is -4.60. The van der Waals surface area contributed by atoms with E-state index in [1.54, 1.807) is 0 Å². The fourth-order valence-electron chi connectivity index (χ4n) is 9.82. The molecule has 0 bridgehead atoms. The van der Waals surface area contributed by atoms with Crippen molar-refractivity contribution in [1.29, 1.82) is 0 Å². The second-order valence-corrected chi connectivity index (χ2v) is 25.6. The zero-order valence-electron chi connectivity index (χ0n) is 53.7. The van der Waals surface area contributed by atoms with Gasteiger partial charge < -0.3 is 28.8 Å². The number of allylic oxidation sites excluding steroid dienone is 16. The molecule has 3 atom stereocenters. The summed E-state index contributed by atoms with van der Waals surface area (Å²) in [6, 6.07) is -0.834. The number of aliphatic hydroxyl groups is 1. The van der Waals surface area contributed by atoms with Crippen LogP contribution >= 0.6 is 7.82 Å². The van der Waals surface area contributed by atoms with Gasteiger partial charge in [0.05, 0.1) is 39.9 Å². The minimum Gasteiger partial charge on any atom is -0.756 e. The number of nitrogens with zero attached hydrogens (tertiary/aromatic N) is 1. The van der Waals surface area contributed by atoms with E-state index in [1.807, 2.05) is 21.1 Å². The van der Waals surface area contributed by atoms with Crippen LogP contribution in [0.5, 0.6) is 0 Å². The van der Waals surface area contributed by atoms with E-state index in [0.717, 1.165) is 83.5 Å². The van der Waals surface area contributed by atoms with Crippen LogP contribution in [0.25, 0.3) is 0 Å². The average molecular weight is 1150 g/mol. The normalized spacial score (nSPS) is 14.3. The summed E-state index contributed by atoms with van der Waals surface area (Å²) in [5, 5.41) is 14.1. The Morgan fingerprint density at radius 1 is 0.444 bits per heavy atom. The molecule has 0 spiro atoms. The van der Waals surface area contributed by atoms with Gasteiger partial charge in [-0.1, -0.05) is 317 Å². The van der Waals surface area contributed by atoms with Crippen LogP contribution in [0.2, 0.25) is 0 Å². The third-order valence-electron chi connectivity index (χ3n) is 15.1. The molecule has 0 radical (unpaired) electrons. The molecule has 0 aliphatic carbocycles. The molecule has 0 saturated carbocycles. The molecule has 0 aromatic heterocycles. The van der Waals surface area contributed by atoms with Gasteiger partial charge in [-0.25, -0.2) is 0 Å². The number of unbranched alkanes of at least 4 members (excludes halogenated alkanes) is 33. The number of rotatable bonds is 62. The van der Waals surface area contributed by atoms with E-state index in [9.17, 15) is 19.4 Å². The van der Waals surface area contributed by atoms with E-state index < -0.39 is 20.0 Å². The summed E-state index contributed by atoms with van der Waals surface area (Å²) < 4.78 is 23.5. The van der Waals surface area contributed by atoms with Crippen molar-refractivity contribution in [3.63, 3.8) is 0 Å². The number of hydrogen-bond donors (Lipinski definition) is 2. The molecule has 470 valence electrons. The molecule has 0 heterocycles. The number of carbonyl (C=O) groups excluding carboxylic acids is 1. The summed E-state index contributed by atoms with van der Waals surface area (Å²) in [6.07, 6.45) is 89.1. The van der Waals surface area contributed by atoms with Crippen molar-refractivity contribution in [2.75, 3.05) is 40.9 Å². The highest BCUT2D eigenvalue weighted by Crippen LogP contribution is 2.38. The summed E-state index contributed by atoms with van der Waals surface area (Å²) in [5.74, 6) is -0.207. The van der Waals surface area contributed by atoms with E-state index in [4.69, 9.17) is 9.05 Å². The van der Waals surface area contributed by atoms with Crippen LogP contribution in [0.1, 0.15) is 303 Å². The molecule has 0 aliphatic heterocycles. The van der Waals surface area contributed by atoms with Crippen molar-refractivity contribution < 1.29 is 32.9 Å². The van der Waals surface area contributed by atoms with Gasteiger partial charge in [0.2, 0.25) is 5.91 Å². The number of phosphoric acid groups is 1. The average Bonchev–Trinajstić information content (AvgIpc) is 3.43. The summed E-state index contributed by atoms with van der Waals surface area (Å²) in [7, 11) is 1.27. The van der Waals surface area contributed by atoms with Crippen LogP contribution < -0.4 is 10.2 Å². The van der Waals surface area contributed by atoms with Crippen LogP contribution in [0.3, 0.4) is 0 Å². The van der Waals surface area contributed by atoms with Gasteiger partial charge in [0.1, 0.15) is 13.2 Å². The van der Waals surface area contributed by atoms with Gasteiger partial charge >= 0.3 is 0 Å². The van der Waals surface area contributed by atoms with Crippen LogP contribution in [0.4, 0.5) is 0 Å². The van der Waals surface area contributed by atoms with Crippen molar-refractivity contribution in [3.8, 4) is 0 Å². The molecule has 0 aliphatic rings. The number of nitrogens with one attached hydrogen (secondary N) is 1. The molecular formula is C72H131N2O6P. The summed E-state index contributed by atoms with van der Waals surface area (Å²) in [6.45, 7) is 4.60. The predicted octanol–water partition coefficient (Wildman–Crippen LogP) is 21.1. The molecule has 0 aromatic carbocycles. The Kier molecular flexibility index (Phi) is 60.0. The van der Waals surface area contributed by atoms with Gasteiger partial charge in [0.25, 0.3) is 7.82 Å². The van der Waals surface area contributed by atoms with Gasteiger partial charge in [-0.15, -0.1) is 0 Å². The van der Waals surface area contributed by atoms with Crippen molar-refractivity contribution in [3.05, 3.63) is 97.2 Å². The number of carbonyl (C=O) groups is 1. The van der Waals surface area contributed by atoms with Crippen molar-refractivity contribution in [2.45, 2.75) is 315 Å². The van der Waals surface area contributed by atoms with Crippen LogP contribution in [-0.2, 0) is 18.4 Å². The van der Waals surface area contributed by atoms with E-state index >= 15 is 0 Å². The van der Waals surface area contributed by atoms with Crippen LogP contribution in [0, 0.1) is 0 Å². The highest BCUT2D eigenvalue weighted by Gasteiger charge is 2.24. The highest BCUT2D eigenvalue weighted by atomic mass is 31.2. The lowest BCUT2D eigenvalue weighted by Gasteiger charge is -2.30. The molecule has 0 saturated heterocycles. The number of quaternary nitrogens is 1. The Labute approximate surface area is 502 Å². The third-order valence-corrected chi connectivity index (χ3v) is 16.1. The standard InChI is InChI=1S/C72H131N2O6P/c1-6-8-10-12-14-16-18-20-22-24-26-28-30-32-34-35-36-37-38-40-41-43-45-47-49-51-53-55-57-59-61-63-65-71(75)70(69-80-81(77,78)79-68-67-74(3,4)5)73-72(76)66-64-62-60-58-56-54-52-50-48-46-44-42-39-33-31-29-27-25-23-21-19-17-15-13-11-9-7-2/h9,11,15,17,21,23,27,29,33,39,44,46,50,52,56,58,70-71,75H,6-8,10,12-14,16,18-20,22,24-26,28,30-32,34-38,40-43,45,47-49,51,53-55,57,59-69H2,1-5H3,(H-,73,76,77,78)/b11-9-,17-15-,23-21-,29-27-,39-33-,46-44-,52-50-,58-56-. The zero-order valence-corrected chi connectivity index (χ0v) is 54.6. The zero-order chi connectivity index (χ0) is 59.1. The fraction of sp³-hybridized carbons (Fsp3) is 0.764. The van der Waals surface area contributed by atoms with E-state index in [1.165, 1.54) is 186 Å². The van der Waals surface area contributed by atoms with Gasteiger partial charge in [-0.2, -0.15) is 0 Å². The first-order valence-electron chi connectivity index (χ1n) is 34.1. The SMILES string of the molecule is CC/C=C\C/C=C\C/C=C\C/C=C\C/C=C\C/C=C\C/C=C\C/C=C\CCCCC(=O)NC(COP(=O)([O-])OCC[N+](C)(C)C)C(O)CCCCCCCCCCCCCCCCCCCCCCCCCCCCCCCCCC. The maximum absolute atomic E-state index is 13.0. The van der Waals surface area contributed by atoms with E-state index in [0.29, 0.717) is 30.3 Å². The molecule has 8 nitrogen and oxygen atoms in total. The predicted molar refractivity (Wildman–Crippen MR) is 353 cm³/mol. The number of hydrogen-bond acceptors (Lipinski definition) is 6. The van der Waals surface area contributed by atoms with E-state index in [2.05, 4.69) is 116 Å². The molecule has 2 N–H and O–H groups in total. The lowest BCUT2D eigenvalue weighted by atomic mass is 10.0. The third kappa shape index (κ3) is 64.8. The smallest absolute Gasteiger partial charge is 0.268 e. The second-order valence-electron chi connectivity index (χ2n) is 24.2. The first-order chi connectivity index (χ1) is 39.5. The summed E-state index contributed by atoms with van der Waals surface area (Å²) >= 11 is 0. The Bertz CT molecular complexity index is 1640. The summed E-state index contributed by atoms with van der Waals surface area (Å²) in [4.78, 5) is 25.6.